The first-order valence-electron chi connectivity index (χ1n) is 8.05. The summed E-state index contributed by atoms with van der Waals surface area (Å²) in [6, 6.07) is 14.9. The second-order valence-electron chi connectivity index (χ2n) is 6.84. The molecular weight excluding hydrogens is 302 g/mol. The Morgan fingerprint density at radius 3 is 2.50 bits per heavy atom. The third-order valence-electron chi connectivity index (χ3n) is 3.41. The molecule has 0 fully saturated rings. The van der Waals surface area contributed by atoms with Crippen LogP contribution < -0.4 is 10.5 Å². The molecule has 2 aromatic carbocycles. The number of hydrogen-bond acceptors (Lipinski definition) is 4. The smallest absolute Gasteiger partial charge is 0.308 e. The summed E-state index contributed by atoms with van der Waals surface area (Å²) in [6.45, 7) is 7.51. The summed E-state index contributed by atoms with van der Waals surface area (Å²) in [5.41, 5.74) is 7.54. The van der Waals surface area contributed by atoms with E-state index >= 15 is 0 Å². The second kappa shape index (κ2) is 7.49. The Balaban J connectivity index is 2.07. The van der Waals surface area contributed by atoms with Crippen LogP contribution in [0.2, 0.25) is 0 Å². The molecule has 0 spiro atoms. The van der Waals surface area contributed by atoms with Crippen molar-refractivity contribution >= 4 is 5.97 Å². The van der Waals surface area contributed by atoms with Gasteiger partial charge >= 0.3 is 5.97 Å². The fourth-order valence-electron chi connectivity index (χ4n) is 2.29. The molecule has 0 bridgehead atoms. The Morgan fingerprint density at radius 2 is 1.83 bits per heavy atom. The molecule has 0 saturated carbocycles. The quantitative estimate of drug-likeness (QED) is 0.820. The van der Waals surface area contributed by atoms with E-state index in [0.29, 0.717) is 5.75 Å². The number of rotatable bonds is 5. The van der Waals surface area contributed by atoms with Crippen LogP contribution in [-0.4, -0.2) is 11.6 Å². The molecule has 1 atom stereocenters. The van der Waals surface area contributed by atoms with Gasteiger partial charge in [0.1, 0.15) is 17.1 Å². The van der Waals surface area contributed by atoms with Crippen molar-refractivity contribution in [1.29, 1.82) is 0 Å². The largest absolute Gasteiger partial charge is 0.460 e. The van der Waals surface area contributed by atoms with Crippen LogP contribution in [-0.2, 0) is 9.53 Å². The van der Waals surface area contributed by atoms with Crippen molar-refractivity contribution < 1.29 is 14.3 Å². The average Bonchev–Trinajstić information content (AvgIpc) is 2.48. The lowest BCUT2D eigenvalue weighted by molar-refractivity contribution is -0.155. The summed E-state index contributed by atoms with van der Waals surface area (Å²) >= 11 is 0. The van der Waals surface area contributed by atoms with E-state index in [4.69, 9.17) is 15.2 Å². The van der Waals surface area contributed by atoms with E-state index in [2.05, 4.69) is 0 Å². The molecule has 0 aliphatic carbocycles. The molecule has 4 nitrogen and oxygen atoms in total. The minimum atomic E-state index is -0.507. The first-order valence-corrected chi connectivity index (χ1v) is 8.05. The van der Waals surface area contributed by atoms with Crippen LogP contribution >= 0.6 is 0 Å². The van der Waals surface area contributed by atoms with Crippen LogP contribution in [0.15, 0.2) is 48.5 Å². The third kappa shape index (κ3) is 5.39. The molecule has 0 amide bonds. The van der Waals surface area contributed by atoms with Crippen molar-refractivity contribution in [2.45, 2.75) is 45.8 Å². The first-order chi connectivity index (χ1) is 11.2. The molecule has 4 heteroatoms. The van der Waals surface area contributed by atoms with Gasteiger partial charge in [0.05, 0.1) is 6.42 Å². The summed E-state index contributed by atoms with van der Waals surface area (Å²) < 4.78 is 11.2. The summed E-state index contributed by atoms with van der Waals surface area (Å²) in [5.74, 6) is 1.19. The molecule has 24 heavy (non-hydrogen) atoms. The summed E-state index contributed by atoms with van der Waals surface area (Å²) in [7, 11) is 0. The molecular formula is C20H25NO3. The topological polar surface area (TPSA) is 61.5 Å². The zero-order valence-electron chi connectivity index (χ0n) is 14.7. The lowest BCUT2D eigenvalue weighted by Crippen LogP contribution is -2.26. The van der Waals surface area contributed by atoms with E-state index in [9.17, 15) is 4.79 Å². The Bertz CT molecular complexity index is 704. The van der Waals surface area contributed by atoms with Gasteiger partial charge in [-0.2, -0.15) is 0 Å². The molecule has 0 aromatic heterocycles. The number of ether oxygens (including phenoxy) is 2. The number of nitrogens with two attached hydrogens (primary N) is 1. The van der Waals surface area contributed by atoms with Crippen molar-refractivity contribution in [3.05, 3.63) is 59.7 Å². The van der Waals surface area contributed by atoms with Gasteiger partial charge in [-0.1, -0.05) is 30.3 Å². The zero-order chi connectivity index (χ0) is 17.7. The highest BCUT2D eigenvalue weighted by molar-refractivity contribution is 5.71. The van der Waals surface area contributed by atoms with Gasteiger partial charge in [0.25, 0.3) is 0 Å². The molecule has 2 rings (SSSR count). The molecule has 0 heterocycles. The molecule has 2 aromatic rings. The van der Waals surface area contributed by atoms with Gasteiger partial charge in [0.2, 0.25) is 0 Å². The minimum Gasteiger partial charge on any atom is -0.460 e. The number of esters is 1. The van der Waals surface area contributed by atoms with Crippen molar-refractivity contribution in [2.24, 2.45) is 5.73 Å². The molecule has 1 unspecified atom stereocenters. The molecule has 0 saturated heterocycles. The van der Waals surface area contributed by atoms with Gasteiger partial charge in [0, 0.05) is 6.04 Å². The first kappa shape index (κ1) is 18.0. The molecule has 0 aliphatic rings. The standard InChI is InChI=1S/C20H25NO3/c1-14-8-5-6-11-18(14)23-16-10-7-9-15(12-16)17(21)13-19(22)24-20(2,3)4/h5-12,17H,13,21H2,1-4H3. The van der Waals surface area contributed by atoms with E-state index < -0.39 is 11.6 Å². The minimum absolute atomic E-state index is 0.130. The van der Waals surface area contributed by atoms with Crippen molar-refractivity contribution in [2.75, 3.05) is 0 Å². The van der Waals surface area contributed by atoms with E-state index in [1.54, 1.807) is 0 Å². The molecule has 0 aliphatic heterocycles. The predicted octanol–water partition coefficient (Wildman–Crippen LogP) is 4.52. The van der Waals surface area contributed by atoms with Crippen LogP contribution in [0.5, 0.6) is 11.5 Å². The van der Waals surface area contributed by atoms with E-state index in [1.165, 1.54) is 0 Å². The van der Waals surface area contributed by atoms with Crippen LogP contribution in [0.4, 0.5) is 0 Å². The fraction of sp³-hybridized carbons (Fsp3) is 0.350. The molecule has 2 N–H and O–H groups in total. The van der Waals surface area contributed by atoms with Crippen molar-refractivity contribution in [3.8, 4) is 11.5 Å². The lowest BCUT2D eigenvalue weighted by atomic mass is 10.0. The number of carbonyl (C=O) groups is 1. The summed E-state index contributed by atoms with van der Waals surface area (Å²) in [6.07, 6.45) is 0.130. The Hall–Kier alpha value is -2.33. The fourth-order valence-corrected chi connectivity index (χ4v) is 2.29. The number of para-hydroxylation sites is 1. The molecule has 0 radical (unpaired) electrons. The highest BCUT2D eigenvalue weighted by atomic mass is 16.6. The van der Waals surface area contributed by atoms with Crippen molar-refractivity contribution in [3.63, 3.8) is 0 Å². The monoisotopic (exact) mass is 327 g/mol. The van der Waals surface area contributed by atoms with E-state index in [-0.39, 0.29) is 12.4 Å². The highest BCUT2D eigenvalue weighted by Crippen LogP contribution is 2.27. The number of carbonyl (C=O) groups excluding carboxylic acids is 1. The van der Waals surface area contributed by atoms with Crippen LogP contribution in [0.3, 0.4) is 0 Å². The van der Waals surface area contributed by atoms with Gasteiger partial charge in [-0.3, -0.25) is 4.79 Å². The number of hydrogen-bond donors (Lipinski definition) is 1. The zero-order valence-corrected chi connectivity index (χ0v) is 14.7. The van der Waals surface area contributed by atoms with Crippen molar-refractivity contribution in [1.82, 2.24) is 0 Å². The maximum absolute atomic E-state index is 11.9. The number of benzene rings is 2. The molecule has 128 valence electrons. The summed E-state index contributed by atoms with van der Waals surface area (Å²) in [4.78, 5) is 11.9. The highest BCUT2D eigenvalue weighted by Gasteiger charge is 2.19. The van der Waals surface area contributed by atoms with Crippen LogP contribution in [0.1, 0.15) is 44.4 Å². The maximum Gasteiger partial charge on any atom is 0.308 e. The normalized spacial score (nSPS) is 12.5. The van der Waals surface area contributed by atoms with Crippen LogP contribution in [0.25, 0.3) is 0 Å². The van der Waals surface area contributed by atoms with Gasteiger partial charge < -0.3 is 15.2 Å². The Labute approximate surface area is 143 Å². The van der Waals surface area contributed by atoms with Gasteiger partial charge in [0.15, 0.2) is 0 Å². The maximum atomic E-state index is 11.9. The van der Waals surface area contributed by atoms with Gasteiger partial charge in [-0.25, -0.2) is 0 Å². The average molecular weight is 327 g/mol. The van der Waals surface area contributed by atoms with Gasteiger partial charge in [-0.15, -0.1) is 0 Å². The second-order valence-corrected chi connectivity index (χ2v) is 6.84. The predicted molar refractivity (Wildman–Crippen MR) is 95.1 cm³/mol. The van der Waals surface area contributed by atoms with E-state index in [1.807, 2.05) is 76.2 Å². The Kier molecular flexibility index (Phi) is 5.62. The lowest BCUT2D eigenvalue weighted by Gasteiger charge is -2.21. The SMILES string of the molecule is Cc1ccccc1Oc1cccc(C(N)CC(=O)OC(C)(C)C)c1. The van der Waals surface area contributed by atoms with Gasteiger partial charge in [-0.05, 0) is 57.0 Å². The van der Waals surface area contributed by atoms with E-state index in [0.717, 1.165) is 16.9 Å². The van der Waals surface area contributed by atoms with Crippen LogP contribution in [0, 0.1) is 6.92 Å². The number of aryl methyl sites for hydroxylation is 1. The third-order valence-corrected chi connectivity index (χ3v) is 3.41. The summed E-state index contributed by atoms with van der Waals surface area (Å²) in [5, 5.41) is 0. The Morgan fingerprint density at radius 1 is 1.12 bits per heavy atom.